The summed E-state index contributed by atoms with van der Waals surface area (Å²) in [5, 5.41) is 23.4. The number of fused-ring (bicyclic) bond motifs is 1. The van der Waals surface area contributed by atoms with Crippen LogP contribution in [0.1, 0.15) is 0 Å². The van der Waals surface area contributed by atoms with Crippen LogP contribution in [0.3, 0.4) is 0 Å². The summed E-state index contributed by atoms with van der Waals surface area (Å²) in [5.41, 5.74) is 1.10. The van der Waals surface area contributed by atoms with Crippen molar-refractivity contribution in [3.05, 3.63) is 53.1 Å². The fraction of sp³-hybridized carbons (Fsp3) is 0.0769. The molecular formula is C13H12BN3O3. The Morgan fingerprint density at radius 3 is 2.80 bits per heavy atom. The lowest BCUT2D eigenvalue weighted by atomic mass is 9.81. The fourth-order valence-corrected chi connectivity index (χ4v) is 2.21. The monoisotopic (exact) mass is 269 g/mol. The Labute approximate surface area is 114 Å². The molecule has 0 fully saturated rings. The standard InChI is InChI=1S/C13H12BN3O3/c1-16-12-5-4-10(7-9(12)8-15-16)17-6-2-3-11(13(17)18)14(19)20/h2-8,19-20H,1H3. The highest BCUT2D eigenvalue weighted by atomic mass is 16.4. The number of aryl methyl sites for hydroxylation is 1. The van der Waals surface area contributed by atoms with E-state index in [1.165, 1.54) is 10.6 Å². The first-order valence-corrected chi connectivity index (χ1v) is 6.08. The smallest absolute Gasteiger partial charge is 0.423 e. The zero-order valence-corrected chi connectivity index (χ0v) is 10.8. The first kappa shape index (κ1) is 12.6. The maximum atomic E-state index is 12.2. The van der Waals surface area contributed by atoms with Crippen molar-refractivity contribution in [3.63, 3.8) is 0 Å². The van der Waals surface area contributed by atoms with E-state index in [1.54, 1.807) is 29.2 Å². The predicted molar refractivity (Wildman–Crippen MR) is 76.1 cm³/mol. The lowest BCUT2D eigenvalue weighted by molar-refractivity contribution is 0.425. The zero-order chi connectivity index (χ0) is 14.3. The second kappa shape index (κ2) is 4.62. The van der Waals surface area contributed by atoms with Gasteiger partial charge in [-0.3, -0.25) is 14.0 Å². The lowest BCUT2D eigenvalue weighted by Crippen LogP contribution is -2.44. The van der Waals surface area contributed by atoms with Crippen LogP contribution < -0.4 is 11.0 Å². The van der Waals surface area contributed by atoms with Crippen molar-refractivity contribution in [2.24, 2.45) is 7.05 Å². The highest BCUT2D eigenvalue weighted by Gasteiger charge is 2.17. The quantitative estimate of drug-likeness (QED) is 0.609. The minimum Gasteiger partial charge on any atom is -0.423 e. The molecule has 0 saturated heterocycles. The van der Waals surface area contributed by atoms with E-state index in [-0.39, 0.29) is 5.46 Å². The van der Waals surface area contributed by atoms with Gasteiger partial charge in [0.1, 0.15) is 0 Å². The van der Waals surface area contributed by atoms with Gasteiger partial charge in [-0.25, -0.2) is 0 Å². The molecule has 0 aliphatic heterocycles. The number of nitrogens with zero attached hydrogens (tertiary/aromatic N) is 3. The molecule has 3 rings (SSSR count). The van der Waals surface area contributed by atoms with Crippen molar-refractivity contribution in [1.82, 2.24) is 14.3 Å². The van der Waals surface area contributed by atoms with E-state index in [2.05, 4.69) is 5.10 Å². The van der Waals surface area contributed by atoms with Crippen molar-refractivity contribution in [2.45, 2.75) is 0 Å². The molecular weight excluding hydrogens is 257 g/mol. The van der Waals surface area contributed by atoms with E-state index >= 15 is 0 Å². The van der Waals surface area contributed by atoms with Gasteiger partial charge in [-0.2, -0.15) is 5.10 Å². The van der Waals surface area contributed by atoms with E-state index in [9.17, 15) is 14.8 Å². The summed E-state index contributed by atoms with van der Waals surface area (Å²) in [5.74, 6) is 0. The molecule has 6 nitrogen and oxygen atoms in total. The van der Waals surface area contributed by atoms with Crippen LogP contribution >= 0.6 is 0 Å². The molecule has 0 amide bonds. The lowest BCUT2D eigenvalue weighted by Gasteiger charge is -2.08. The minimum absolute atomic E-state index is 0.0567. The second-order valence-corrected chi connectivity index (χ2v) is 4.52. The van der Waals surface area contributed by atoms with Crippen LogP contribution in [0, 0.1) is 0 Å². The van der Waals surface area contributed by atoms with Gasteiger partial charge in [-0.1, -0.05) is 6.07 Å². The van der Waals surface area contributed by atoms with Gasteiger partial charge in [0.15, 0.2) is 0 Å². The number of hydrogen-bond donors (Lipinski definition) is 2. The van der Waals surface area contributed by atoms with Crippen LogP contribution in [0.4, 0.5) is 0 Å². The summed E-state index contributed by atoms with van der Waals surface area (Å²) < 4.78 is 3.12. The topological polar surface area (TPSA) is 80.3 Å². The SMILES string of the molecule is Cn1ncc2cc(-n3cccc(B(O)O)c3=O)ccc21. The van der Waals surface area contributed by atoms with E-state index in [0.29, 0.717) is 5.69 Å². The van der Waals surface area contributed by atoms with Gasteiger partial charge in [0.25, 0.3) is 5.56 Å². The first-order chi connectivity index (χ1) is 9.58. The Morgan fingerprint density at radius 1 is 1.25 bits per heavy atom. The molecule has 0 spiro atoms. The summed E-state index contributed by atoms with van der Waals surface area (Å²) in [6.07, 6.45) is 3.31. The van der Waals surface area contributed by atoms with Gasteiger partial charge in [0.05, 0.1) is 11.7 Å². The Bertz CT molecular complexity index is 838. The van der Waals surface area contributed by atoms with Crippen LogP contribution in [0.5, 0.6) is 0 Å². The largest absolute Gasteiger partial charge is 0.494 e. The molecule has 0 saturated carbocycles. The summed E-state index contributed by atoms with van der Waals surface area (Å²) in [6, 6.07) is 8.48. The molecule has 2 aromatic heterocycles. The Hall–Kier alpha value is -2.38. The number of pyridine rings is 1. The third kappa shape index (κ3) is 1.93. The second-order valence-electron chi connectivity index (χ2n) is 4.52. The molecule has 1 aromatic carbocycles. The molecule has 7 heteroatoms. The number of hydrogen-bond acceptors (Lipinski definition) is 4. The van der Waals surface area contributed by atoms with Crippen LogP contribution in [0.25, 0.3) is 16.6 Å². The van der Waals surface area contributed by atoms with E-state index in [0.717, 1.165) is 10.9 Å². The molecule has 20 heavy (non-hydrogen) atoms. The predicted octanol–water partition coefficient (Wildman–Crippen LogP) is -0.596. The highest BCUT2D eigenvalue weighted by molar-refractivity contribution is 6.58. The molecule has 0 bridgehead atoms. The maximum absolute atomic E-state index is 12.2. The van der Waals surface area contributed by atoms with E-state index in [1.807, 2.05) is 19.2 Å². The number of benzene rings is 1. The van der Waals surface area contributed by atoms with Crippen molar-refractivity contribution in [3.8, 4) is 5.69 Å². The molecule has 0 unspecified atom stereocenters. The van der Waals surface area contributed by atoms with Gasteiger partial charge in [0.2, 0.25) is 0 Å². The Morgan fingerprint density at radius 2 is 2.05 bits per heavy atom. The molecule has 2 N–H and O–H groups in total. The molecule has 3 aromatic rings. The molecule has 100 valence electrons. The van der Waals surface area contributed by atoms with Crippen LogP contribution in [0.15, 0.2) is 47.5 Å². The minimum atomic E-state index is -1.78. The third-order valence-corrected chi connectivity index (χ3v) is 3.26. The van der Waals surface area contributed by atoms with E-state index in [4.69, 9.17) is 0 Å². The number of rotatable bonds is 2. The van der Waals surface area contributed by atoms with Gasteiger partial charge in [-0.05, 0) is 24.3 Å². The average molecular weight is 269 g/mol. The van der Waals surface area contributed by atoms with Crippen molar-refractivity contribution in [2.75, 3.05) is 0 Å². The summed E-state index contributed by atoms with van der Waals surface area (Å²) >= 11 is 0. The van der Waals surface area contributed by atoms with Gasteiger partial charge in [0, 0.05) is 29.8 Å². The fourth-order valence-electron chi connectivity index (χ4n) is 2.21. The number of aromatic nitrogens is 3. The van der Waals surface area contributed by atoms with Crippen molar-refractivity contribution >= 4 is 23.5 Å². The summed E-state index contributed by atoms with van der Waals surface area (Å²) in [7, 11) is 0.0637. The Balaban J connectivity index is 2.20. The van der Waals surface area contributed by atoms with Crippen LogP contribution in [-0.2, 0) is 7.05 Å². The normalized spacial score (nSPS) is 10.9. The van der Waals surface area contributed by atoms with Crippen LogP contribution in [0.2, 0.25) is 0 Å². The van der Waals surface area contributed by atoms with Gasteiger partial charge in [-0.15, -0.1) is 0 Å². The molecule has 0 radical (unpaired) electrons. The highest BCUT2D eigenvalue weighted by Crippen LogP contribution is 2.16. The average Bonchev–Trinajstić information content (AvgIpc) is 2.80. The molecule has 2 heterocycles. The van der Waals surface area contributed by atoms with E-state index < -0.39 is 12.7 Å². The maximum Gasteiger partial charge on any atom is 0.494 e. The molecule has 0 aliphatic carbocycles. The molecule has 0 aliphatic rings. The first-order valence-electron chi connectivity index (χ1n) is 6.08. The van der Waals surface area contributed by atoms with Crippen molar-refractivity contribution in [1.29, 1.82) is 0 Å². The molecule has 0 atom stereocenters. The zero-order valence-electron chi connectivity index (χ0n) is 10.8. The van der Waals surface area contributed by atoms with Gasteiger partial charge >= 0.3 is 7.12 Å². The summed E-state index contributed by atoms with van der Waals surface area (Å²) in [4.78, 5) is 12.2. The third-order valence-electron chi connectivity index (χ3n) is 3.26. The van der Waals surface area contributed by atoms with Crippen LogP contribution in [-0.4, -0.2) is 31.5 Å². The van der Waals surface area contributed by atoms with Crippen molar-refractivity contribution < 1.29 is 10.0 Å². The van der Waals surface area contributed by atoms with Gasteiger partial charge < -0.3 is 10.0 Å². The summed E-state index contributed by atoms with van der Waals surface area (Å²) in [6.45, 7) is 0. The Kier molecular flexibility index (Phi) is 2.92.